The lowest BCUT2D eigenvalue weighted by Crippen LogP contribution is -2.07. The lowest BCUT2D eigenvalue weighted by Gasteiger charge is -2.04. The van der Waals surface area contributed by atoms with Crippen LogP contribution in [0.25, 0.3) is 0 Å². The van der Waals surface area contributed by atoms with Gasteiger partial charge >= 0.3 is 0 Å². The van der Waals surface area contributed by atoms with Crippen LogP contribution in [-0.2, 0) is 6.54 Å². The fourth-order valence-electron chi connectivity index (χ4n) is 2.02. The van der Waals surface area contributed by atoms with Gasteiger partial charge in [-0.25, -0.2) is 9.07 Å². The van der Waals surface area contributed by atoms with Gasteiger partial charge in [-0.15, -0.1) is 0 Å². The molecule has 0 aliphatic rings. The standard InChI is InChI=1S/C15H18FN5/c1-2-3-7-19-15-13(9-17)14(18)21(20-15)10-11-5-4-6-12(16)8-11/h4-6,8H,2-3,7,10,18H2,1H3,(H,19,20). The van der Waals surface area contributed by atoms with Crippen LogP contribution in [0.4, 0.5) is 16.0 Å². The summed E-state index contributed by atoms with van der Waals surface area (Å²) < 4.78 is 14.7. The number of anilines is 2. The number of nitrogens with two attached hydrogens (primary N) is 1. The third-order valence-electron chi connectivity index (χ3n) is 3.15. The summed E-state index contributed by atoms with van der Waals surface area (Å²) in [6.07, 6.45) is 2.04. The van der Waals surface area contributed by atoms with Crippen LogP contribution in [0.2, 0.25) is 0 Å². The highest BCUT2D eigenvalue weighted by Gasteiger charge is 2.15. The van der Waals surface area contributed by atoms with Crippen LogP contribution in [0, 0.1) is 17.1 Å². The first kappa shape index (κ1) is 14.9. The number of unbranched alkanes of at least 4 members (excludes halogenated alkanes) is 1. The maximum atomic E-state index is 13.2. The van der Waals surface area contributed by atoms with E-state index in [1.165, 1.54) is 16.8 Å². The topological polar surface area (TPSA) is 79.7 Å². The van der Waals surface area contributed by atoms with Gasteiger partial charge in [0, 0.05) is 6.54 Å². The van der Waals surface area contributed by atoms with Gasteiger partial charge in [-0.2, -0.15) is 10.4 Å². The number of aromatic nitrogens is 2. The summed E-state index contributed by atoms with van der Waals surface area (Å²) in [5.41, 5.74) is 7.03. The molecule has 0 saturated heterocycles. The van der Waals surface area contributed by atoms with E-state index < -0.39 is 0 Å². The minimum Gasteiger partial charge on any atom is -0.383 e. The summed E-state index contributed by atoms with van der Waals surface area (Å²) >= 11 is 0. The quantitative estimate of drug-likeness (QED) is 0.801. The fraction of sp³-hybridized carbons (Fsp3) is 0.333. The predicted molar refractivity (Wildman–Crippen MR) is 80.3 cm³/mol. The van der Waals surface area contributed by atoms with Crippen molar-refractivity contribution in [1.82, 2.24) is 9.78 Å². The average molecular weight is 287 g/mol. The Balaban J connectivity index is 2.22. The van der Waals surface area contributed by atoms with E-state index in [4.69, 9.17) is 5.73 Å². The molecule has 0 aliphatic carbocycles. The summed E-state index contributed by atoms with van der Waals surface area (Å²) in [7, 11) is 0. The van der Waals surface area contributed by atoms with E-state index in [0.717, 1.165) is 24.9 Å². The molecule has 2 aromatic rings. The van der Waals surface area contributed by atoms with Crippen molar-refractivity contribution >= 4 is 11.6 Å². The van der Waals surface area contributed by atoms with Gasteiger partial charge in [0.15, 0.2) is 5.82 Å². The Morgan fingerprint density at radius 1 is 1.48 bits per heavy atom. The second-order valence-corrected chi connectivity index (χ2v) is 4.79. The van der Waals surface area contributed by atoms with Gasteiger partial charge in [0.25, 0.3) is 0 Å². The normalized spacial score (nSPS) is 10.3. The molecule has 5 nitrogen and oxygen atoms in total. The number of rotatable bonds is 6. The zero-order valence-electron chi connectivity index (χ0n) is 11.9. The SMILES string of the molecule is CCCCNc1nn(Cc2cccc(F)c2)c(N)c1C#N. The van der Waals surface area contributed by atoms with E-state index in [1.54, 1.807) is 12.1 Å². The summed E-state index contributed by atoms with van der Waals surface area (Å²) in [6.45, 7) is 3.15. The van der Waals surface area contributed by atoms with Crippen molar-refractivity contribution in [3.8, 4) is 6.07 Å². The van der Waals surface area contributed by atoms with Crippen LogP contribution in [0.3, 0.4) is 0 Å². The van der Waals surface area contributed by atoms with Crippen molar-refractivity contribution < 1.29 is 4.39 Å². The Labute approximate surface area is 123 Å². The maximum Gasteiger partial charge on any atom is 0.168 e. The molecule has 110 valence electrons. The van der Waals surface area contributed by atoms with Crippen molar-refractivity contribution in [2.45, 2.75) is 26.3 Å². The van der Waals surface area contributed by atoms with Crippen molar-refractivity contribution in [2.24, 2.45) is 0 Å². The Morgan fingerprint density at radius 3 is 2.95 bits per heavy atom. The van der Waals surface area contributed by atoms with Crippen molar-refractivity contribution in [1.29, 1.82) is 5.26 Å². The molecule has 0 bridgehead atoms. The first-order valence-corrected chi connectivity index (χ1v) is 6.90. The van der Waals surface area contributed by atoms with Crippen LogP contribution < -0.4 is 11.1 Å². The van der Waals surface area contributed by atoms with Crippen LogP contribution in [0.1, 0.15) is 30.9 Å². The Bertz CT molecular complexity index is 657. The predicted octanol–water partition coefficient (Wildman–Crippen LogP) is 2.74. The van der Waals surface area contributed by atoms with Gasteiger partial charge in [0.1, 0.15) is 23.3 Å². The van der Waals surface area contributed by atoms with Gasteiger partial charge in [-0.05, 0) is 24.1 Å². The third-order valence-corrected chi connectivity index (χ3v) is 3.15. The number of nitrogens with one attached hydrogen (secondary N) is 1. The Morgan fingerprint density at radius 2 is 2.29 bits per heavy atom. The minimum absolute atomic E-state index is 0.292. The highest BCUT2D eigenvalue weighted by Crippen LogP contribution is 2.21. The second kappa shape index (κ2) is 6.75. The molecule has 3 N–H and O–H groups in total. The van der Waals surface area contributed by atoms with Gasteiger partial charge in [0.05, 0.1) is 6.54 Å². The average Bonchev–Trinajstić information content (AvgIpc) is 2.75. The molecule has 0 saturated carbocycles. The molecular weight excluding hydrogens is 269 g/mol. The zero-order valence-corrected chi connectivity index (χ0v) is 11.9. The van der Waals surface area contributed by atoms with Gasteiger partial charge in [-0.1, -0.05) is 25.5 Å². The van der Waals surface area contributed by atoms with Gasteiger partial charge in [0.2, 0.25) is 0 Å². The number of nitrogens with zero attached hydrogens (tertiary/aromatic N) is 3. The molecule has 0 fully saturated rings. The van der Waals surface area contributed by atoms with Gasteiger partial charge in [-0.3, -0.25) is 0 Å². The monoisotopic (exact) mass is 287 g/mol. The van der Waals surface area contributed by atoms with Crippen molar-refractivity contribution in [3.05, 3.63) is 41.2 Å². The maximum absolute atomic E-state index is 13.2. The lowest BCUT2D eigenvalue weighted by molar-refractivity contribution is 0.620. The van der Waals surface area contributed by atoms with Crippen LogP contribution in [0.5, 0.6) is 0 Å². The number of nitriles is 1. The summed E-state index contributed by atoms with van der Waals surface area (Å²) in [5.74, 6) is 0.473. The fourth-order valence-corrected chi connectivity index (χ4v) is 2.02. The zero-order chi connectivity index (χ0) is 15.2. The molecule has 1 aromatic carbocycles. The molecule has 0 spiro atoms. The number of hydrogen-bond donors (Lipinski definition) is 2. The summed E-state index contributed by atoms with van der Waals surface area (Å²) in [6, 6.07) is 8.30. The molecule has 2 rings (SSSR count). The summed E-state index contributed by atoms with van der Waals surface area (Å²) in [5, 5.41) is 16.6. The minimum atomic E-state index is -0.306. The van der Waals surface area contributed by atoms with E-state index >= 15 is 0 Å². The number of hydrogen-bond acceptors (Lipinski definition) is 4. The molecule has 0 atom stereocenters. The van der Waals surface area contributed by atoms with Crippen LogP contribution >= 0.6 is 0 Å². The molecule has 1 heterocycles. The van der Waals surface area contributed by atoms with Crippen LogP contribution in [-0.4, -0.2) is 16.3 Å². The Kier molecular flexibility index (Phi) is 4.77. The largest absolute Gasteiger partial charge is 0.383 e. The van der Waals surface area contributed by atoms with Crippen LogP contribution in [0.15, 0.2) is 24.3 Å². The van der Waals surface area contributed by atoms with E-state index in [1.807, 2.05) is 0 Å². The van der Waals surface area contributed by atoms with Gasteiger partial charge < -0.3 is 11.1 Å². The van der Waals surface area contributed by atoms with E-state index in [2.05, 4.69) is 23.4 Å². The third kappa shape index (κ3) is 3.51. The molecule has 21 heavy (non-hydrogen) atoms. The lowest BCUT2D eigenvalue weighted by atomic mass is 10.2. The first-order chi connectivity index (χ1) is 10.2. The first-order valence-electron chi connectivity index (χ1n) is 6.90. The molecule has 6 heteroatoms. The molecule has 0 amide bonds. The van der Waals surface area contributed by atoms with E-state index in [0.29, 0.717) is 23.7 Å². The smallest absolute Gasteiger partial charge is 0.168 e. The second-order valence-electron chi connectivity index (χ2n) is 4.79. The molecular formula is C15H18FN5. The van der Waals surface area contributed by atoms with Crippen molar-refractivity contribution in [2.75, 3.05) is 17.6 Å². The van der Waals surface area contributed by atoms with Crippen molar-refractivity contribution in [3.63, 3.8) is 0 Å². The molecule has 0 aliphatic heterocycles. The Hall–Kier alpha value is -2.55. The molecule has 0 radical (unpaired) electrons. The number of nitrogen functional groups attached to an aromatic ring is 1. The molecule has 1 aromatic heterocycles. The highest BCUT2D eigenvalue weighted by molar-refractivity contribution is 5.63. The number of benzene rings is 1. The molecule has 0 unspecified atom stereocenters. The van der Waals surface area contributed by atoms with E-state index in [-0.39, 0.29) is 5.82 Å². The summed E-state index contributed by atoms with van der Waals surface area (Å²) in [4.78, 5) is 0. The van der Waals surface area contributed by atoms with E-state index in [9.17, 15) is 9.65 Å². The number of halogens is 1. The highest BCUT2D eigenvalue weighted by atomic mass is 19.1.